The molecule has 5 heteroatoms. The van der Waals surface area contributed by atoms with Crippen LogP contribution >= 0.6 is 0 Å². The average molecular weight is 317 g/mol. The minimum atomic E-state index is -0.326. The first-order valence-electron chi connectivity index (χ1n) is 7.81. The third-order valence-corrected chi connectivity index (χ3v) is 3.69. The van der Waals surface area contributed by atoms with E-state index in [1.165, 1.54) is 6.92 Å². The van der Waals surface area contributed by atoms with E-state index < -0.39 is 0 Å². The third kappa shape index (κ3) is 4.93. The molecule has 126 valence electrons. The van der Waals surface area contributed by atoms with Gasteiger partial charge >= 0.3 is 0 Å². The Bertz CT molecular complexity index is 606. The van der Waals surface area contributed by atoms with Crippen molar-refractivity contribution in [3.63, 3.8) is 0 Å². The van der Waals surface area contributed by atoms with Gasteiger partial charge in [0.1, 0.15) is 5.57 Å². The number of Topliss-reactive ketones (excluding diaryl/α,β-unsaturated/α-hetero) is 1. The SMILES string of the molecule is CC/C(N)=C(\C(C)=O)C(=O)N(CCN(C)C)c1ccccc1C. The minimum absolute atomic E-state index is 0.0921. The van der Waals surface area contributed by atoms with Crippen molar-refractivity contribution in [1.82, 2.24) is 4.90 Å². The zero-order valence-electron chi connectivity index (χ0n) is 14.7. The molecule has 1 aromatic rings. The van der Waals surface area contributed by atoms with Crippen molar-refractivity contribution in [2.45, 2.75) is 27.2 Å². The molecule has 0 aromatic heterocycles. The second kappa shape index (κ2) is 8.48. The molecule has 0 unspecified atom stereocenters. The van der Waals surface area contributed by atoms with E-state index >= 15 is 0 Å². The van der Waals surface area contributed by atoms with E-state index in [0.717, 1.165) is 11.3 Å². The van der Waals surface area contributed by atoms with Crippen molar-refractivity contribution < 1.29 is 9.59 Å². The van der Waals surface area contributed by atoms with Crippen LogP contribution in [0.4, 0.5) is 5.69 Å². The fraction of sp³-hybridized carbons (Fsp3) is 0.444. The minimum Gasteiger partial charge on any atom is -0.401 e. The Kier molecular flexibility index (Phi) is 6.97. The summed E-state index contributed by atoms with van der Waals surface area (Å²) in [5.41, 5.74) is 8.15. The first kappa shape index (κ1) is 18.9. The number of aryl methyl sites for hydroxylation is 1. The van der Waals surface area contributed by atoms with E-state index in [0.29, 0.717) is 25.2 Å². The van der Waals surface area contributed by atoms with Gasteiger partial charge in [-0.05, 0) is 46.0 Å². The molecule has 1 aromatic carbocycles. The number of benzene rings is 1. The Hall–Kier alpha value is -2.14. The quantitative estimate of drug-likeness (QED) is 0.475. The smallest absolute Gasteiger partial charge is 0.263 e. The van der Waals surface area contributed by atoms with Crippen molar-refractivity contribution in [2.75, 3.05) is 32.1 Å². The predicted molar refractivity (Wildman–Crippen MR) is 94.3 cm³/mol. The van der Waals surface area contributed by atoms with Gasteiger partial charge in [0.25, 0.3) is 5.91 Å². The van der Waals surface area contributed by atoms with Gasteiger partial charge < -0.3 is 15.5 Å². The molecule has 0 aliphatic carbocycles. The lowest BCUT2D eigenvalue weighted by Crippen LogP contribution is -2.40. The lowest BCUT2D eigenvalue weighted by Gasteiger charge is -2.27. The molecular formula is C18H27N3O2. The summed E-state index contributed by atoms with van der Waals surface area (Å²) < 4.78 is 0. The average Bonchev–Trinajstić information content (AvgIpc) is 2.48. The van der Waals surface area contributed by atoms with Gasteiger partial charge in [-0.2, -0.15) is 0 Å². The molecule has 0 spiro atoms. The van der Waals surface area contributed by atoms with Crippen LogP contribution in [0, 0.1) is 6.92 Å². The van der Waals surface area contributed by atoms with Gasteiger partial charge in [0.15, 0.2) is 5.78 Å². The van der Waals surface area contributed by atoms with E-state index in [1.807, 2.05) is 57.1 Å². The molecule has 0 atom stereocenters. The zero-order chi connectivity index (χ0) is 17.6. The zero-order valence-corrected chi connectivity index (χ0v) is 14.7. The lowest BCUT2D eigenvalue weighted by molar-refractivity contribution is -0.120. The van der Waals surface area contributed by atoms with Crippen LogP contribution in [0.1, 0.15) is 25.8 Å². The molecule has 0 saturated carbocycles. The second-order valence-electron chi connectivity index (χ2n) is 5.86. The van der Waals surface area contributed by atoms with Gasteiger partial charge in [-0.25, -0.2) is 0 Å². The maximum Gasteiger partial charge on any atom is 0.263 e. The predicted octanol–water partition coefficient (Wildman–Crippen LogP) is 2.10. The van der Waals surface area contributed by atoms with Gasteiger partial charge in [0.2, 0.25) is 0 Å². The Morgan fingerprint density at radius 3 is 2.22 bits per heavy atom. The molecular weight excluding hydrogens is 290 g/mol. The summed E-state index contributed by atoms with van der Waals surface area (Å²) in [4.78, 5) is 28.6. The van der Waals surface area contributed by atoms with Crippen molar-refractivity contribution >= 4 is 17.4 Å². The van der Waals surface area contributed by atoms with Crippen LogP contribution in [-0.2, 0) is 9.59 Å². The van der Waals surface area contributed by atoms with Crippen LogP contribution in [0.15, 0.2) is 35.5 Å². The Morgan fingerprint density at radius 2 is 1.74 bits per heavy atom. The molecule has 5 nitrogen and oxygen atoms in total. The van der Waals surface area contributed by atoms with E-state index in [-0.39, 0.29) is 17.3 Å². The van der Waals surface area contributed by atoms with Crippen molar-refractivity contribution in [1.29, 1.82) is 0 Å². The topological polar surface area (TPSA) is 66.6 Å². The number of nitrogens with zero attached hydrogens (tertiary/aromatic N) is 2. The van der Waals surface area contributed by atoms with E-state index in [4.69, 9.17) is 5.73 Å². The highest BCUT2D eigenvalue weighted by Crippen LogP contribution is 2.22. The number of nitrogens with two attached hydrogens (primary N) is 1. The van der Waals surface area contributed by atoms with Crippen LogP contribution in [0.5, 0.6) is 0 Å². The number of allylic oxidation sites excluding steroid dienone is 1. The standard InChI is InChI=1S/C18H27N3O2/c1-6-15(19)17(14(3)22)18(23)21(12-11-20(4)5)16-10-8-7-9-13(16)2/h7-10H,6,11-12,19H2,1-5H3/b17-15-. The fourth-order valence-electron chi connectivity index (χ4n) is 2.32. The van der Waals surface area contributed by atoms with Gasteiger partial charge in [-0.15, -0.1) is 0 Å². The number of para-hydroxylation sites is 1. The molecule has 0 aliphatic heterocycles. The van der Waals surface area contributed by atoms with Gasteiger partial charge in [0.05, 0.1) is 0 Å². The number of hydrogen-bond acceptors (Lipinski definition) is 4. The number of anilines is 1. The molecule has 23 heavy (non-hydrogen) atoms. The van der Waals surface area contributed by atoms with Gasteiger partial charge in [0, 0.05) is 24.5 Å². The number of hydrogen-bond donors (Lipinski definition) is 1. The summed E-state index contributed by atoms with van der Waals surface area (Å²) in [6.45, 7) is 6.36. The van der Waals surface area contributed by atoms with E-state index in [1.54, 1.807) is 4.90 Å². The van der Waals surface area contributed by atoms with Gasteiger partial charge in [-0.1, -0.05) is 25.1 Å². The fourth-order valence-corrected chi connectivity index (χ4v) is 2.32. The van der Waals surface area contributed by atoms with Crippen LogP contribution in [0.2, 0.25) is 0 Å². The first-order chi connectivity index (χ1) is 10.8. The summed E-state index contributed by atoms with van der Waals surface area (Å²) in [6.07, 6.45) is 0.468. The Balaban J connectivity index is 3.31. The summed E-state index contributed by atoms with van der Waals surface area (Å²) in [6, 6.07) is 7.66. The molecule has 0 aliphatic rings. The van der Waals surface area contributed by atoms with Crippen LogP contribution < -0.4 is 10.6 Å². The van der Waals surface area contributed by atoms with Crippen LogP contribution in [0.25, 0.3) is 0 Å². The highest BCUT2D eigenvalue weighted by Gasteiger charge is 2.25. The number of rotatable bonds is 7. The highest BCUT2D eigenvalue weighted by atomic mass is 16.2. The molecule has 0 saturated heterocycles. The van der Waals surface area contributed by atoms with E-state index in [9.17, 15) is 9.59 Å². The van der Waals surface area contributed by atoms with Crippen LogP contribution in [0.3, 0.4) is 0 Å². The Morgan fingerprint density at radius 1 is 1.13 bits per heavy atom. The summed E-state index contributed by atoms with van der Waals surface area (Å²) in [7, 11) is 3.89. The largest absolute Gasteiger partial charge is 0.401 e. The number of likely N-dealkylation sites (N-methyl/N-ethyl adjacent to an activating group) is 1. The van der Waals surface area contributed by atoms with Crippen LogP contribution in [-0.4, -0.2) is 43.8 Å². The second-order valence-corrected chi connectivity index (χ2v) is 5.86. The first-order valence-corrected chi connectivity index (χ1v) is 7.81. The maximum absolute atomic E-state index is 13.0. The van der Waals surface area contributed by atoms with Crippen molar-refractivity contribution in [3.05, 3.63) is 41.1 Å². The monoisotopic (exact) mass is 317 g/mol. The summed E-state index contributed by atoms with van der Waals surface area (Å²) >= 11 is 0. The number of ketones is 1. The van der Waals surface area contributed by atoms with Crippen molar-refractivity contribution in [3.8, 4) is 0 Å². The molecule has 2 N–H and O–H groups in total. The molecule has 0 heterocycles. The highest BCUT2D eigenvalue weighted by molar-refractivity contribution is 6.24. The number of carbonyl (C=O) groups is 2. The number of amides is 1. The molecule has 1 rings (SSSR count). The van der Waals surface area contributed by atoms with Crippen molar-refractivity contribution in [2.24, 2.45) is 5.73 Å². The molecule has 1 amide bonds. The Labute approximate surface area is 138 Å². The molecule has 0 fully saturated rings. The van der Waals surface area contributed by atoms with Gasteiger partial charge in [-0.3, -0.25) is 9.59 Å². The lowest BCUT2D eigenvalue weighted by atomic mass is 10.1. The maximum atomic E-state index is 13.0. The number of carbonyl (C=O) groups excluding carboxylic acids is 2. The van der Waals surface area contributed by atoms with E-state index in [2.05, 4.69) is 0 Å². The summed E-state index contributed by atoms with van der Waals surface area (Å²) in [5, 5.41) is 0. The normalized spacial score (nSPS) is 12.1. The molecule has 0 radical (unpaired) electrons. The summed E-state index contributed by atoms with van der Waals surface area (Å²) in [5.74, 6) is -0.620. The third-order valence-electron chi connectivity index (χ3n) is 3.69. The molecule has 0 bridgehead atoms.